The molecule has 0 aliphatic heterocycles. The van der Waals surface area contributed by atoms with E-state index in [4.69, 9.17) is 28.8 Å². The SMILES string of the molecule is c1ccc(-c2ccc3c(c2)nc(-c2ccc(-c4nc(-c5ccccc5)nc(-c5ccc(-c6cccc7c6oc6ccccc67)cc5)n4)cc2)c2c4ccccc4oc32)cc1. The summed E-state index contributed by atoms with van der Waals surface area (Å²) >= 11 is 0. The first-order chi connectivity index (χ1) is 29.7. The third-order valence-electron chi connectivity index (χ3n) is 11.4. The van der Waals surface area contributed by atoms with Crippen LogP contribution in [0, 0.1) is 0 Å². The summed E-state index contributed by atoms with van der Waals surface area (Å²) in [7, 11) is 0. The molecular formula is C54H32N4O2. The largest absolute Gasteiger partial charge is 0.455 e. The van der Waals surface area contributed by atoms with Gasteiger partial charge in [-0.15, -0.1) is 0 Å². The summed E-state index contributed by atoms with van der Waals surface area (Å²) in [5, 5.41) is 5.21. The Kier molecular flexibility index (Phi) is 7.74. The van der Waals surface area contributed by atoms with Crippen molar-refractivity contribution >= 4 is 54.8 Å². The monoisotopic (exact) mass is 768 g/mol. The van der Waals surface area contributed by atoms with Gasteiger partial charge in [0.1, 0.15) is 22.3 Å². The van der Waals surface area contributed by atoms with Crippen molar-refractivity contribution in [2.24, 2.45) is 0 Å². The summed E-state index contributed by atoms with van der Waals surface area (Å²) in [6.45, 7) is 0. The van der Waals surface area contributed by atoms with Crippen molar-refractivity contribution in [3.8, 4) is 67.7 Å². The van der Waals surface area contributed by atoms with Crippen LogP contribution in [0.2, 0.25) is 0 Å². The van der Waals surface area contributed by atoms with Gasteiger partial charge in [-0.1, -0.05) is 170 Å². The van der Waals surface area contributed by atoms with E-state index in [9.17, 15) is 0 Å². The first-order valence-corrected chi connectivity index (χ1v) is 20.0. The average molecular weight is 769 g/mol. The molecule has 6 heteroatoms. The maximum Gasteiger partial charge on any atom is 0.164 e. The summed E-state index contributed by atoms with van der Waals surface area (Å²) in [6.07, 6.45) is 0. The minimum absolute atomic E-state index is 0.583. The highest BCUT2D eigenvalue weighted by Crippen LogP contribution is 2.41. The van der Waals surface area contributed by atoms with Gasteiger partial charge >= 0.3 is 0 Å². The van der Waals surface area contributed by atoms with E-state index in [1.165, 1.54) is 0 Å². The summed E-state index contributed by atoms with van der Waals surface area (Å²) in [5.41, 5.74) is 13.1. The van der Waals surface area contributed by atoms with Gasteiger partial charge in [0.2, 0.25) is 0 Å². The molecule has 0 atom stereocenters. The molecule has 0 radical (unpaired) electrons. The van der Waals surface area contributed by atoms with E-state index < -0.39 is 0 Å². The Morgan fingerprint density at radius 1 is 0.300 bits per heavy atom. The number of aromatic nitrogens is 4. The molecule has 0 aliphatic rings. The molecule has 0 saturated carbocycles. The predicted octanol–water partition coefficient (Wildman–Crippen LogP) is 14.2. The Hall–Kier alpha value is -8.22. The summed E-state index contributed by atoms with van der Waals surface area (Å²) in [5.74, 6) is 1.78. The molecule has 8 aromatic carbocycles. The Bertz CT molecular complexity index is 3580. The number of nitrogens with zero attached hydrogens (tertiary/aromatic N) is 4. The Morgan fingerprint density at radius 3 is 1.48 bits per heavy atom. The lowest BCUT2D eigenvalue weighted by molar-refractivity contribution is 0.670. The fourth-order valence-corrected chi connectivity index (χ4v) is 8.38. The Balaban J connectivity index is 0.957. The second kappa shape index (κ2) is 13.7. The number of benzene rings is 8. The summed E-state index contributed by atoms with van der Waals surface area (Å²) in [6, 6.07) is 66.2. The average Bonchev–Trinajstić information content (AvgIpc) is 3.91. The number of pyridine rings is 1. The van der Waals surface area contributed by atoms with Crippen LogP contribution >= 0.6 is 0 Å². The molecule has 0 spiro atoms. The molecule has 0 N–H and O–H groups in total. The molecule has 0 bridgehead atoms. The molecule has 0 aliphatic carbocycles. The third-order valence-corrected chi connectivity index (χ3v) is 11.4. The standard InChI is InChI=1S/C54H32N4O2/c1-3-12-33(13-4-1)39-30-31-43-45(32-39)55-49(48-44-17-8-10-21-47(44)60-51(43)48)35-24-28-38(29-25-35)54-57-52(36-14-5-2-6-15-36)56-53(58-54)37-26-22-34(23-27-37)40-18-11-19-42-41-16-7-9-20-46(41)59-50(40)42/h1-32H. The van der Waals surface area contributed by atoms with Crippen molar-refractivity contribution in [3.63, 3.8) is 0 Å². The first kappa shape index (κ1) is 33.9. The van der Waals surface area contributed by atoms with Crippen LogP contribution in [-0.4, -0.2) is 19.9 Å². The van der Waals surface area contributed by atoms with Crippen LogP contribution in [0.4, 0.5) is 0 Å². The number of fused-ring (bicyclic) bond motifs is 8. The van der Waals surface area contributed by atoms with Crippen molar-refractivity contribution in [2.75, 3.05) is 0 Å². The second-order valence-electron chi connectivity index (χ2n) is 15.0. The van der Waals surface area contributed by atoms with Gasteiger partial charge in [0, 0.05) is 49.4 Å². The van der Waals surface area contributed by atoms with Crippen molar-refractivity contribution in [1.29, 1.82) is 0 Å². The van der Waals surface area contributed by atoms with Crippen molar-refractivity contribution in [3.05, 3.63) is 194 Å². The maximum atomic E-state index is 6.57. The highest BCUT2D eigenvalue weighted by molar-refractivity contribution is 6.19. The highest BCUT2D eigenvalue weighted by atomic mass is 16.3. The minimum atomic E-state index is 0.583. The van der Waals surface area contributed by atoms with E-state index in [1.807, 2.05) is 72.8 Å². The Labute approximate surface area is 344 Å². The number of para-hydroxylation sites is 3. The molecule has 4 aromatic heterocycles. The fraction of sp³-hybridized carbons (Fsp3) is 0. The molecule has 6 nitrogen and oxygen atoms in total. The number of furan rings is 2. The predicted molar refractivity (Wildman–Crippen MR) is 242 cm³/mol. The zero-order valence-corrected chi connectivity index (χ0v) is 32.1. The molecule has 280 valence electrons. The van der Waals surface area contributed by atoms with Crippen LogP contribution in [0.1, 0.15) is 0 Å². The normalized spacial score (nSPS) is 11.7. The topological polar surface area (TPSA) is 77.8 Å². The van der Waals surface area contributed by atoms with Gasteiger partial charge in [-0.25, -0.2) is 19.9 Å². The van der Waals surface area contributed by atoms with E-state index in [0.29, 0.717) is 17.5 Å². The van der Waals surface area contributed by atoms with Crippen LogP contribution in [0.15, 0.2) is 203 Å². The molecule has 12 aromatic rings. The Morgan fingerprint density at radius 2 is 0.800 bits per heavy atom. The molecule has 0 unspecified atom stereocenters. The van der Waals surface area contributed by atoms with Crippen molar-refractivity contribution < 1.29 is 8.83 Å². The van der Waals surface area contributed by atoms with E-state index >= 15 is 0 Å². The quantitative estimate of drug-likeness (QED) is 0.168. The lowest BCUT2D eigenvalue weighted by Crippen LogP contribution is -2.00. The maximum absolute atomic E-state index is 6.57. The molecule has 0 saturated heterocycles. The van der Waals surface area contributed by atoms with Gasteiger partial charge in [-0.3, -0.25) is 0 Å². The zero-order valence-electron chi connectivity index (χ0n) is 32.1. The third kappa shape index (κ3) is 5.65. The molecule has 0 fully saturated rings. The van der Waals surface area contributed by atoms with E-state index in [0.717, 1.165) is 105 Å². The minimum Gasteiger partial charge on any atom is -0.455 e. The van der Waals surface area contributed by atoms with Gasteiger partial charge < -0.3 is 8.83 Å². The first-order valence-electron chi connectivity index (χ1n) is 20.0. The van der Waals surface area contributed by atoms with E-state index in [-0.39, 0.29) is 0 Å². The van der Waals surface area contributed by atoms with E-state index in [1.54, 1.807) is 0 Å². The fourth-order valence-electron chi connectivity index (χ4n) is 8.38. The smallest absolute Gasteiger partial charge is 0.164 e. The van der Waals surface area contributed by atoms with Gasteiger partial charge in [-0.2, -0.15) is 0 Å². The van der Waals surface area contributed by atoms with Crippen LogP contribution in [0.25, 0.3) is 122 Å². The van der Waals surface area contributed by atoms with Crippen LogP contribution in [0.3, 0.4) is 0 Å². The van der Waals surface area contributed by atoms with Crippen LogP contribution < -0.4 is 0 Å². The molecular weight excluding hydrogens is 737 g/mol. The van der Waals surface area contributed by atoms with Gasteiger partial charge in [0.15, 0.2) is 17.5 Å². The van der Waals surface area contributed by atoms with Crippen LogP contribution in [-0.2, 0) is 0 Å². The zero-order chi connectivity index (χ0) is 39.6. The lowest BCUT2D eigenvalue weighted by atomic mass is 9.99. The summed E-state index contributed by atoms with van der Waals surface area (Å²) in [4.78, 5) is 20.4. The highest BCUT2D eigenvalue weighted by Gasteiger charge is 2.20. The number of rotatable bonds is 6. The van der Waals surface area contributed by atoms with Gasteiger partial charge in [-0.05, 0) is 41.0 Å². The van der Waals surface area contributed by atoms with Gasteiger partial charge in [0.05, 0.1) is 16.6 Å². The van der Waals surface area contributed by atoms with Gasteiger partial charge in [0.25, 0.3) is 0 Å². The van der Waals surface area contributed by atoms with Crippen molar-refractivity contribution in [2.45, 2.75) is 0 Å². The van der Waals surface area contributed by atoms with Crippen LogP contribution in [0.5, 0.6) is 0 Å². The van der Waals surface area contributed by atoms with E-state index in [2.05, 4.69) is 121 Å². The number of hydrogen-bond donors (Lipinski definition) is 0. The summed E-state index contributed by atoms with van der Waals surface area (Å²) < 4.78 is 12.9. The number of hydrogen-bond acceptors (Lipinski definition) is 6. The second-order valence-corrected chi connectivity index (χ2v) is 15.0. The molecule has 60 heavy (non-hydrogen) atoms. The molecule has 4 heterocycles. The lowest BCUT2D eigenvalue weighted by Gasteiger charge is -2.11. The molecule has 0 amide bonds. The molecule has 12 rings (SSSR count). The van der Waals surface area contributed by atoms with Crippen molar-refractivity contribution in [1.82, 2.24) is 19.9 Å².